The molecule has 1 unspecified atom stereocenters. The van der Waals surface area contributed by atoms with Crippen LogP contribution in [0.4, 0.5) is 5.69 Å². The van der Waals surface area contributed by atoms with Crippen LogP contribution >= 0.6 is 0 Å². The molecule has 1 aliphatic rings. The van der Waals surface area contributed by atoms with Gasteiger partial charge in [-0.15, -0.1) is 10.2 Å². The fourth-order valence-corrected chi connectivity index (χ4v) is 2.12. The van der Waals surface area contributed by atoms with Gasteiger partial charge >= 0.3 is 0 Å². The average Bonchev–Trinajstić information content (AvgIpc) is 2.94. The minimum Gasteiger partial charge on any atom is -0.380 e. The second-order valence-corrected chi connectivity index (χ2v) is 4.37. The minimum absolute atomic E-state index is 0.388. The third-order valence-corrected chi connectivity index (χ3v) is 3.00. The first-order valence-electron chi connectivity index (χ1n) is 6.10. The highest BCUT2D eigenvalue weighted by molar-refractivity contribution is 5.61. The molecule has 1 atom stereocenters. The Balaban J connectivity index is 1.74. The van der Waals surface area contributed by atoms with Crippen molar-refractivity contribution in [2.75, 3.05) is 18.5 Å². The lowest BCUT2D eigenvalue weighted by Gasteiger charge is -2.24. The van der Waals surface area contributed by atoms with E-state index in [4.69, 9.17) is 4.74 Å². The van der Waals surface area contributed by atoms with Crippen molar-refractivity contribution >= 4 is 5.69 Å². The van der Waals surface area contributed by atoms with E-state index in [-0.39, 0.29) is 0 Å². The van der Waals surface area contributed by atoms with Gasteiger partial charge in [0.15, 0.2) is 0 Å². The third kappa shape index (κ3) is 2.48. The maximum absolute atomic E-state index is 5.45. The largest absolute Gasteiger partial charge is 0.380 e. The quantitative estimate of drug-likeness (QED) is 0.856. The van der Waals surface area contributed by atoms with Gasteiger partial charge in [0.25, 0.3) is 0 Å². The Bertz CT molecular complexity index is 493. The molecule has 2 N–H and O–H groups in total. The summed E-state index contributed by atoms with van der Waals surface area (Å²) in [5.41, 5.74) is 2.01. The summed E-state index contributed by atoms with van der Waals surface area (Å²) in [5.74, 6) is 0.610. The van der Waals surface area contributed by atoms with E-state index in [9.17, 15) is 0 Å². The highest BCUT2D eigenvalue weighted by Gasteiger charge is 2.13. The van der Waals surface area contributed by atoms with Gasteiger partial charge in [0.2, 0.25) is 5.82 Å². The number of rotatable bonds is 3. The van der Waals surface area contributed by atoms with E-state index in [2.05, 4.69) is 25.9 Å². The van der Waals surface area contributed by atoms with E-state index in [1.807, 2.05) is 24.3 Å². The van der Waals surface area contributed by atoms with Crippen LogP contribution in [0.1, 0.15) is 12.8 Å². The Morgan fingerprint density at radius 3 is 3.17 bits per heavy atom. The topological polar surface area (TPSA) is 75.7 Å². The Morgan fingerprint density at radius 2 is 2.39 bits per heavy atom. The van der Waals surface area contributed by atoms with Crippen molar-refractivity contribution in [3.63, 3.8) is 0 Å². The highest BCUT2D eigenvalue weighted by Crippen LogP contribution is 2.20. The first-order chi connectivity index (χ1) is 8.92. The lowest BCUT2D eigenvalue weighted by atomic mass is 10.1. The average molecular weight is 245 g/mol. The molecule has 3 rings (SSSR count). The van der Waals surface area contributed by atoms with E-state index in [0.29, 0.717) is 11.9 Å². The van der Waals surface area contributed by atoms with Gasteiger partial charge in [-0.25, -0.2) is 0 Å². The Hall–Kier alpha value is -1.95. The number of anilines is 1. The van der Waals surface area contributed by atoms with Crippen LogP contribution in [0, 0.1) is 0 Å². The lowest BCUT2D eigenvalue weighted by Crippen LogP contribution is -2.29. The number of aromatic nitrogens is 4. The SMILES string of the molecule is c1cc(NC2CCCOC2)cc(-c2nn[nH]n2)c1. The van der Waals surface area contributed by atoms with E-state index < -0.39 is 0 Å². The summed E-state index contributed by atoms with van der Waals surface area (Å²) >= 11 is 0. The van der Waals surface area contributed by atoms with Crippen LogP contribution < -0.4 is 5.32 Å². The van der Waals surface area contributed by atoms with Crippen LogP contribution in [0.3, 0.4) is 0 Å². The molecule has 6 nitrogen and oxygen atoms in total. The smallest absolute Gasteiger partial charge is 0.204 e. The van der Waals surface area contributed by atoms with Gasteiger partial charge in [0, 0.05) is 23.9 Å². The monoisotopic (exact) mass is 245 g/mol. The van der Waals surface area contributed by atoms with Crippen molar-refractivity contribution in [1.82, 2.24) is 20.6 Å². The zero-order valence-corrected chi connectivity index (χ0v) is 9.97. The molecule has 0 bridgehead atoms. The number of hydrogen-bond acceptors (Lipinski definition) is 5. The zero-order valence-electron chi connectivity index (χ0n) is 9.97. The van der Waals surface area contributed by atoms with Gasteiger partial charge in [-0.2, -0.15) is 5.21 Å². The van der Waals surface area contributed by atoms with E-state index in [1.54, 1.807) is 0 Å². The number of aromatic amines is 1. The second-order valence-electron chi connectivity index (χ2n) is 4.37. The van der Waals surface area contributed by atoms with Gasteiger partial charge < -0.3 is 10.1 Å². The number of hydrogen-bond donors (Lipinski definition) is 2. The molecule has 1 fully saturated rings. The van der Waals surface area contributed by atoms with Gasteiger partial charge in [0.1, 0.15) is 0 Å². The highest BCUT2D eigenvalue weighted by atomic mass is 16.5. The summed E-state index contributed by atoms with van der Waals surface area (Å²) in [6.07, 6.45) is 2.26. The second kappa shape index (κ2) is 5.14. The standard InChI is InChI=1S/C12H15N5O/c1-3-9(12-14-16-17-15-12)7-10(4-1)13-11-5-2-6-18-8-11/h1,3-4,7,11,13H,2,5-6,8H2,(H,14,15,16,17). The summed E-state index contributed by atoms with van der Waals surface area (Å²) in [5, 5.41) is 17.4. The van der Waals surface area contributed by atoms with Crippen LogP contribution in [-0.2, 0) is 4.74 Å². The molecule has 1 aromatic carbocycles. The van der Waals surface area contributed by atoms with E-state index >= 15 is 0 Å². The molecule has 1 aromatic heterocycles. The van der Waals surface area contributed by atoms with Gasteiger partial charge in [0.05, 0.1) is 6.61 Å². The summed E-state index contributed by atoms with van der Waals surface area (Å²) in [7, 11) is 0. The molecule has 94 valence electrons. The summed E-state index contributed by atoms with van der Waals surface area (Å²) < 4.78 is 5.45. The van der Waals surface area contributed by atoms with Crippen molar-refractivity contribution in [3.05, 3.63) is 24.3 Å². The fraction of sp³-hybridized carbons (Fsp3) is 0.417. The molecule has 0 spiro atoms. The van der Waals surface area contributed by atoms with Crippen molar-refractivity contribution in [1.29, 1.82) is 0 Å². The number of nitrogens with one attached hydrogen (secondary N) is 2. The normalized spacial score (nSPS) is 19.7. The molecule has 0 saturated carbocycles. The lowest BCUT2D eigenvalue weighted by molar-refractivity contribution is 0.0876. The van der Waals surface area contributed by atoms with Gasteiger partial charge in [-0.05, 0) is 30.2 Å². The molecule has 2 aromatic rings. The maximum atomic E-state index is 5.45. The molecule has 18 heavy (non-hydrogen) atoms. The van der Waals surface area contributed by atoms with Crippen molar-refractivity contribution in [2.45, 2.75) is 18.9 Å². The van der Waals surface area contributed by atoms with Crippen LogP contribution in [0.5, 0.6) is 0 Å². The zero-order chi connectivity index (χ0) is 12.2. The minimum atomic E-state index is 0.388. The predicted octanol–water partition coefficient (Wildman–Crippen LogP) is 1.46. The third-order valence-electron chi connectivity index (χ3n) is 3.00. The maximum Gasteiger partial charge on any atom is 0.204 e. The predicted molar refractivity (Wildman–Crippen MR) is 67.1 cm³/mol. The summed E-state index contributed by atoms with van der Waals surface area (Å²) in [4.78, 5) is 0. The number of tetrazole rings is 1. The number of H-pyrrole nitrogens is 1. The van der Waals surface area contributed by atoms with E-state index in [0.717, 1.165) is 37.3 Å². The number of ether oxygens (including phenoxy) is 1. The van der Waals surface area contributed by atoms with E-state index in [1.165, 1.54) is 0 Å². The molecule has 0 amide bonds. The molecule has 2 heterocycles. The Labute approximate surface area is 105 Å². The molecule has 0 aliphatic carbocycles. The van der Waals surface area contributed by atoms with Crippen molar-refractivity contribution in [2.24, 2.45) is 0 Å². The first-order valence-corrected chi connectivity index (χ1v) is 6.10. The van der Waals surface area contributed by atoms with Crippen LogP contribution in [0.25, 0.3) is 11.4 Å². The van der Waals surface area contributed by atoms with Crippen LogP contribution in [-0.4, -0.2) is 39.9 Å². The Kier molecular flexibility index (Phi) is 3.18. The van der Waals surface area contributed by atoms with Gasteiger partial charge in [-0.1, -0.05) is 12.1 Å². The Morgan fingerprint density at radius 1 is 1.39 bits per heavy atom. The molecular weight excluding hydrogens is 230 g/mol. The molecular formula is C12H15N5O. The van der Waals surface area contributed by atoms with Crippen LogP contribution in [0.15, 0.2) is 24.3 Å². The van der Waals surface area contributed by atoms with Crippen molar-refractivity contribution < 1.29 is 4.74 Å². The summed E-state index contributed by atoms with van der Waals surface area (Å²) in [6, 6.07) is 8.40. The fourth-order valence-electron chi connectivity index (χ4n) is 2.12. The molecule has 1 saturated heterocycles. The summed E-state index contributed by atoms with van der Waals surface area (Å²) in [6.45, 7) is 1.65. The number of nitrogens with zero attached hydrogens (tertiary/aromatic N) is 3. The molecule has 1 aliphatic heterocycles. The molecule has 0 radical (unpaired) electrons. The van der Waals surface area contributed by atoms with Crippen LogP contribution in [0.2, 0.25) is 0 Å². The number of benzene rings is 1. The first kappa shape index (κ1) is 11.2. The van der Waals surface area contributed by atoms with Crippen molar-refractivity contribution in [3.8, 4) is 11.4 Å². The molecule has 6 heteroatoms. The van der Waals surface area contributed by atoms with Gasteiger partial charge in [-0.3, -0.25) is 0 Å².